The van der Waals surface area contributed by atoms with Crippen LogP contribution in [0.1, 0.15) is 11.3 Å². The van der Waals surface area contributed by atoms with E-state index in [-0.39, 0.29) is 0 Å². The molecule has 1 aromatic carbocycles. The van der Waals surface area contributed by atoms with Crippen molar-refractivity contribution in [3.63, 3.8) is 0 Å². The first kappa shape index (κ1) is 12.4. The molecule has 3 aromatic rings. The van der Waals surface area contributed by atoms with Crippen molar-refractivity contribution in [2.45, 2.75) is 12.8 Å². The Morgan fingerprint density at radius 3 is 2.67 bits per heavy atom. The van der Waals surface area contributed by atoms with Crippen LogP contribution in [0.4, 0.5) is 0 Å². The highest BCUT2D eigenvalue weighted by molar-refractivity contribution is 6.30. The molecule has 0 amide bonds. The Kier molecular flexibility index (Phi) is 2.89. The van der Waals surface area contributed by atoms with Gasteiger partial charge in [0.2, 0.25) is 0 Å². The van der Waals surface area contributed by atoms with Gasteiger partial charge in [0.05, 0.1) is 11.4 Å². The fourth-order valence-corrected chi connectivity index (χ4v) is 2.69. The van der Waals surface area contributed by atoms with Crippen LogP contribution >= 0.6 is 11.6 Å². The predicted molar refractivity (Wildman–Crippen MR) is 80.9 cm³/mol. The lowest BCUT2D eigenvalue weighted by Crippen LogP contribution is -2.09. The van der Waals surface area contributed by atoms with Crippen LogP contribution in [0.2, 0.25) is 5.02 Å². The van der Waals surface area contributed by atoms with E-state index in [1.165, 1.54) is 0 Å². The molecule has 0 aliphatic heterocycles. The van der Waals surface area contributed by atoms with Gasteiger partial charge >= 0.3 is 0 Å². The maximum Gasteiger partial charge on any atom is 0.159 e. The average Bonchev–Trinajstić information content (AvgIpc) is 2.55. The number of hydrogen-bond acceptors (Lipinski definition) is 4. The fourth-order valence-electron chi connectivity index (χ4n) is 2.57. The SMILES string of the molecule is Clc1ccc(-c2ncc3c(n2)-c2cncnc2CC3)cc1. The Bertz CT molecular complexity index is 815. The Morgan fingerprint density at radius 2 is 1.81 bits per heavy atom. The molecule has 2 aromatic heterocycles. The first-order valence-corrected chi connectivity index (χ1v) is 7.10. The highest BCUT2D eigenvalue weighted by Gasteiger charge is 2.19. The van der Waals surface area contributed by atoms with Crippen molar-refractivity contribution >= 4 is 11.6 Å². The van der Waals surface area contributed by atoms with Crippen molar-refractivity contribution in [3.05, 3.63) is 59.3 Å². The standard InChI is InChI=1S/C16H11ClN4/c17-12-4-1-10(2-5-12)16-19-7-11-3-6-14-13(15(11)21-16)8-18-9-20-14/h1-2,4-5,7-9H,3,6H2. The predicted octanol–water partition coefficient (Wildman–Crippen LogP) is 3.35. The number of aromatic nitrogens is 4. The lowest BCUT2D eigenvalue weighted by molar-refractivity contribution is 0.863. The molecular weight excluding hydrogens is 284 g/mol. The molecule has 2 heterocycles. The van der Waals surface area contributed by atoms with E-state index in [0.717, 1.165) is 40.9 Å². The second-order valence-corrected chi connectivity index (χ2v) is 5.39. The monoisotopic (exact) mass is 294 g/mol. The molecule has 21 heavy (non-hydrogen) atoms. The summed E-state index contributed by atoms with van der Waals surface area (Å²) in [5, 5.41) is 0.704. The minimum absolute atomic E-state index is 0.696. The van der Waals surface area contributed by atoms with E-state index in [2.05, 4.69) is 15.0 Å². The summed E-state index contributed by atoms with van der Waals surface area (Å²) >= 11 is 5.92. The van der Waals surface area contributed by atoms with Gasteiger partial charge in [0.25, 0.3) is 0 Å². The number of benzene rings is 1. The number of hydrogen-bond donors (Lipinski definition) is 0. The van der Waals surface area contributed by atoms with E-state index in [1.54, 1.807) is 6.33 Å². The van der Waals surface area contributed by atoms with Gasteiger partial charge in [-0.15, -0.1) is 0 Å². The van der Waals surface area contributed by atoms with Crippen LogP contribution in [-0.4, -0.2) is 19.9 Å². The van der Waals surface area contributed by atoms with Gasteiger partial charge in [0, 0.05) is 28.5 Å². The molecule has 0 unspecified atom stereocenters. The summed E-state index contributed by atoms with van der Waals surface area (Å²) in [6, 6.07) is 7.54. The Hall–Kier alpha value is -2.33. The number of rotatable bonds is 1. The summed E-state index contributed by atoms with van der Waals surface area (Å²) < 4.78 is 0. The third-order valence-electron chi connectivity index (χ3n) is 3.65. The van der Waals surface area contributed by atoms with Crippen LogP contribution in [0.15, 0.2) is 43.0 Å². The molecule has 0 atom stereocenters. The van der Waals surface area contributed by atoms with E-state index < -0.39 is 0 Å². The molecule has 0 saturated heterocycles. The van der Waals surface area contributed by atoms with Gasteiger partial charge in [0.1, 0.15) is 6.33 Å². The Labute approximate surface area is 126 Å². The van der Waals surface area contributed by atoms with Crippen molar-refractivity contribution in [2.75, 3.05) is 0 Å². The molecule has 5 heteroatoms. The number of halogens is 1. The summed E-state index contributed by atoms with van der Waals surface area (Å²) in [7, 11) is 0. The molecule has 0 bridgehead atoms. The quantitative estimate of drug-likeness (QED) is 0.690. The van der Waals surface area contributed by atoms with E-state index >= 15 is 0 Å². The summed E-state index contributed by atoms with van der Waals surface area (Å²) in [5.41, 5.74) is 5.10. The molecular formula is C16H11ClN4. The molecule has 1 aliphatic carbocycles. The van der Waals surface area contributed by atoms with Crippen LogP contribution in [-0.2, 0) is 12.8 Å². The van der Waals surface area contributed by atoms with Crippen molar-refractivity contribution in [2.24, 2.45) is 0 Å². The minimum Gasteiger partial charge on any atom is -0.244 e. The molecule has 0 saturated carbocycles. The van der Waals surface area contributed by atoms with Gasteiger partial charge in [-0.2, -0.15) is 0 Å². The van der Waals surface area contributed by atoms with E-state index in [4.69, 9.17) is 16.6 Å². The second-order valence-electron chi connectivity index (χ2n) is 4.96. The van der Waals surface area contributed by atoms with Crippen LogP contribution in [0.3, 0.4) is 0 Å². The Morgan fingerprint density at radius 1 is 0.952 bits per heavy atom. The van der Waals surface area contributed by atoms with Gasteiger partial charge in [-0.05, 0) is 42.7 Å². The van der Waals surface area contributed by atoms with Crippen LogP contribution in [0.5, 0.6) is 0 Å². The number of fused-ring (bicyclic) bond motifs is 3. The maximum absolute atomic E-state index is 5.92. The van der Waals surface area contributed by atoms with Gasteiger partial charge in [-0.25, -0.2) is 19.9 Å². The first-order chi connectivity index (χ1) is 10.3. The van der Waals surface area contributed by atoms with Crippen LogP contribution in [0, 0.1) is 0 Å². The normalized spacial score (nSPS) is 12.6. The summed E-state index contributed by atoms with van der Waals surface area (Å²) in [4.78, 5) is 17.7. The van der Waals surface area contributed by atoms with Gasteiger partial charge in [0.15, 0.2) is 5.82 Å². The molecule has 4 nitrogen and oxygen atoms in total. The average molecular weight is 295 g/mol. The van der Waals surface area contributed by atoms with Gasteiger partial charge < -0.3 is 0 Å². The largest absolute Gasteiger partial charge is 0.244 e. The van der Waals surface area contributed by atoms with Crippen molar-refractivity contribution < 1.29 is 0 Å². The van der Waals surface area contributed by atoms with Crippen LogP contribution < -0.4 is 0 Å². The molecule has 0 N–H and O–H groups in total. The molecule has 4 rings (SSSR count). The highest BCUT2D eigenvalue weighted by atomic mass is 35.5. The summed E-state index contributed by atoms with van der Waals surface area (Å²) in [6.07, 6.45) is 7.15. The van der Waals surface area contributed by atoms with E-state index in [9.17, 15) is 0 Å². The minimum atomic E-state index is 0.696. The zero-order valence-corrected chi connectivity index (χ0v) is 11.9. The lowest BCUT2D eigenvalue weighted by atomic mass is 9.94. The lowest BCUT2D eigenvalue weighted by Gasteiger charge is -2.17. The van der Waals surface area contributed by atoms with Crippen molar-refractivity contribution in [3.8, 4) is 22.6 Å². The fraction of sp³-hybridized carbons (Fsp3) is 0.125. The smallest absolute Gasteiger partial charge is 0.159 e. The van der Waals surface area contributed by atoms with Crippen molar-refractivity contribution in [1.82, 2.24) is 19.9 Å². The molecule has 1 aliphatic rings. The zero-order valence-electron chi connectivity index (χ0n) is 11.1. The second kappa shape index (κ2) is 4.90. The van der Waals surface area contributed by atoms with Crippen molar-refractivity contribution in [1.29, 1.82) is 0 Å². The number of nitrogens with zero attached hydrogens (tertiary/aromatic N) is 4. The first-order valence-electron chi connectivity index (χ1n) is 6.72. The molecule has 0 spiro atoms. The van der Waals surface area contributed by atoms with E-state index in [1.807, 2.05) is 36.7 Å². The third kappa shape index (κ3) is 2.17. The van der Waals surface area contributed by atoms with Crippen LogP contribution in [0.25, 0.3) is 22.6 Å². The summed E-state index contributed by atoms with van der Waals surface area (Å²) in [5.74, 6) is 0.696. The van der Waals surface area contributed by atoms with Gasteiger partial charge in [-0.3, -0.25) is 0 Å². The third-order valence-corrected chi connectivity index (χ3v) is 3.90. The molecule has 0 radical (unpaired) electrons. The number of aryl methyl sites for hydroxylation is 2. The zero-order chi connectivity index (χ0) is 14.2. The summed E-state index contributed by atoms with van der Waals surface area (Å²) in [6.45, 7) is 0. The Balaban J connectivity index is 1.86. The van der Waals surface area contributed by atoms with E-state index in [0.29, 0.717) is 10.8 Å². The molecule has 0 fully saturated rings. The van der Waals surface area contributed by atoms with Gasteiger partial charge in [-0.1, -0.05) is 11.6 Å². The topological polar surface area (TPSA) is 51.6 Å². The maximum atomic E-state index is 5.92. The highest BCUT2D eigenvalue weighted by Crippen LogP contribution is 2.31. The molecule has 102 valence electrons.